The lowest BCUT2D eigenvalue weighted by Gasteiger charge is -2.41. The number of fused-ring (bicyclic) bond motifs is 1. The minimum atomic E-state index is -0.294. The number of anilines is 2. The van der Waals surface area contributed by atoms with Gasteiger partial charge in [0.15, 0.2) is 0 Å². The Bertz CT molecular complexity index is 1170. The van der Waals surface area contributed by atoms with Gasteiger partial charge in [-0.25, -0.2) is 0 Å². The molecule has 5 nitrogen and oxygen atoms in total. The predicted octanol–water partition coefficient (Wildman–Crippen LogP) is 6.10. The minimum absolute atomic E-state index is 0.0572. The Balaban J connectivity index is 1.47. The molecule has 3 aromatic rings. The van der Waals surface area contributed by atoms with E-state index in [2.05, 4.69) is 10.6 Å². The van der Waals surface area contributed by atoms with E-state index in [1.807, 2.05) is 53.4 Å². The van der Waals surface area contributed by atoms with Gasteiger partial charge in [0.25, 0.3) is 11.8 Å². The number of amides is 2. The van der Waals surface area contributed by atoms with Gasteiger partial charge in [0.05, 0.1) is 16.1 Å². The van der Waals surface area contributed by atoms with Crippen LogP contribution in [0.2, 0.25) is 5.02 Å². The monoisotopic (exact) mass is 445 g/mol. The number of rotatable bonds is 4. The fraction of sp³-hybridized carbons (Fsp3) is 0.231. The summed E-state index contributed by atoms with van der Waals surface area (Å²) in [7, 11) is 0. The van der Waals surface area contributed by atoms with Gasteiger partial charge in [0, 0.05) is 17.4 Å². The summed E-state index contributed by atoms with van der Waals surface area (Å²) in [6.45, 7) is 0. The van der Waals surface area contributed by atoms with Crippen LogP contribution in [0.3, 0.4) is 0 Å². The molecule has 2 amide bonds. The number of para-hydroxylation sites is 1. The van der Waals surface area contributed by atoms with Crippen LogP contribution < -0.4 is 10.6 Å². The maximum atomic E-state index is 13.5. The number of halogens is 1. The minimum Gasteiger partial charge on any atom is -0.361 e. The first-order valence-electron chi connectivity index (χ1n) is 11.0. The van der Waals surface area contributed by atoms with Crippen molar-refractivity contribution in [3.8, 4) is 0 Å². The molecule has 1 atom stereocenters. The van der Waals surface area contributed by atoms with Crippen molar-refractivity contribution >= 4 is 34.8 Å². The summed E-state index contributed by atoms with van der Waals surface area (Å²) in [6.07, 6.45) is 4.00. The van der Waals surface area contributed by atoms with Gasteiger partial charge in [-0.3, -0.25) is 9.59 Å². The molecule has 1 aliphatic heterocycles. The summed E-state index contributed by atoms with van der Waals surface area (Å²) in [4.78, 5) is 28.2. The number of carbonyl (C=O) groups is 2. The lowest BCUT2D eigenvalue weighted by molar-refractivity contribution is 0.0584. The Kier molecular flexibility index (Phi) is 5.58. The van der Waals surface area contributed by atoms with E-state index in [4.69, 9.17) is 11.6 Å². The molecule has 0 saturated heterocycles. The number of hydrogen-bond acceptors (Lipinski definition) is 3. The SMILES string of the molecule is O=C(Nc1cccc([C@@H]2Nc3ccccc3C(=O)N2C2CCCC2)c1)c1ccccc1Cl. The van der Waals surface area contributed by atoms with Gasteiger partial charge in [-0.1, -0.05) is 60.8 Å². The third kappa shape index (κ3) is 3.84. The molecule has 0 bridgehead atoms. The molecule has 1 saturated carbocycles. The maximum Gasteiger partial charge on any atom is 0.258 e. The summed E-state index contributed by atoms with van der Waals surface area (Å²) < 4.78 is 0. The zero-order chi connectivity index (χ0) is 22.1. The van der Waals surface area contributed by atoms with Crippen LogP contribution in [0.5, 0.6) is 0 Å². The van der Waals surface area contributed by atoms with Crippen LogP contribution in [-0.2, 0) is 0 Å². The molecule has 1 aliphatic carbocycles. The van der Waals surface area contributed by atoms with Gasteiger partial charge in [-0.15, -0.1) is 0 Å². The van der Waals surface area contributed by atoms with Crippen molar-refractivity contribution in [2.45, 2.75) is 37.9 Å². The average molecular weight is 446 g/mol. The topological polar surface area (TPSA) is 61.4 Å². The Morgan fingerprint density at radius 3 is 2.53 bits per heavy atom. The molecule has 0 aromatic heterocycles. The molecule has 1 heterocycles. The smallest absolute Gasteiger partial charge is 0.258 e. The van der Waals surface area contributed by atoms with Gasteiger partial charge in [0.1, 0.15) is 6.17 Å². The van der Waals surface area contributed by atoms with Gasteiger partial charge in [-0.05, 0) is 54.8 Å². The van der Waals surface area contributed by atoms with Crippen molar-refractivity contribution in [2.75, 3.05) is 10.6 Å². The Labute approximate surface area is 192 Å². The standard InChI is InChI=1S/C26H24ClN3O2/c27-22-14-5-3-12-20(22)25(31)28-18-9-7-8-17(16-18)24-29-23-15-6-4-13-21(23)26(32)30(24)19-10-1-2-11-19/h3-9,12-16,19,24,29H,1-2,10-11H2,(H,28,31)/t24-/m1/s1. The van der Waals surface area contributed by atoms with Crippen molar-refractivity contribution in [1.82, 2.24) is 4.90 Å². The normalized spacial score (nSPS) is 18.2. The summed E-state index contributed by atoms with van der Waals surface area (Å²) in [6, 6.07) is 22.5. The number of benzene rings is 3. The summed E-state index contributed by atoms with van der Waals surface area (Å²) in [5.41, 5.74) is 3.55. The summed E-state index contributed by atoms with van der Waals surface area (Å²) in [5, 5.41) is 6.91. The Morgan fingerprint density at radius 1 is 0.969 bits per heavy atom. The molecule has 162 valence electrons. The molecule has 2 N–H and O–H groups in total. The first-order chi connectivity index (χ1) is 15.6. The highest BCUT2D eigenvalue weighted by molar-refractivity contribution is 6.34. The van der Waals surface area contributed by atoms with E-state index in [-0.39, 0.29) is 24.0 Å². The molecule has 3 aromatic carbocycles. The first-order valence-corrected chi connectivity index (χ1v) is 11.3. The molecule has 5 rings (SSSR count). The van der Waals surface area contributed by atoms with Gasteiger partial charge < -0.3 is 15.5 Å². The van der Waals surface area contributed by atoms with E-state index in [9.17, 15) is 9.59 Å². The van der Waals surface area contributed by atoms with Gasteiger partial charge in [-0.2, -0.15) is 0 Å². The first kappa shape index (κ1) is 20.6. The molecule has 2 aliphatic rings. The second-order valence-corrected chi connectivity index (χ2v) is 8.71. The second-order valence-electron chi connectivity index (χ2n) is 8.30. The largest absolute Gasteiger partial charge is 0.361 e. The third-order valence-electron chi connectivity index (χ3n) is 6.26. The molecule has 32 heavy (non-hydrogen) atoms. The van der Waals surface area contributed by atoms with E-state index < -0.39 is 0 Å². The molecular weight excluding hydrogens is 422 g/mol. The van der Waals surface area contributed by atoms with E-state index in [0.29, 0.717) is 21.8 Å². The number of carbonyl (C=O) groups excluding carboxylic acids is 2. The molecular formula is C26H24ClN3O2. The highest BCUT2D eigenvalue weighted by atomic mass is 35.5. The molecule has 6 heteroatoms. The highest BCUT2D eigenvalue weighted by Crippen LogP contribution is 2.38. The zero-order valence-corrected chi connectivity index (χ0v) is 18.3. The van der Waals surface area contributed by atoms with Crippen molar-refractivity contribution in [3.05, 3.63) is 94.5 Å². The fourth-order valence-electron chi connectivity index (χ4n) is 4.70. The summed E-state index contributed by atoms with van der Waals surface area (Å²) in [5.74, 6) is -0.208. The molecule has 1 fully saturated rings. The van der Waals surface area contributed by atoms with Crippen LogP contribution in [0.4, 0.5) is 11.4 Å². The van der Waals surface area contributed by atoms with Crippen LogP contribution in [0.15, 0.2) is 72.8 Å². The third-order valence-corrected chi connectivity index (χ3v) is 6.59. The lowest BCUT2D eigenvalue weighted by atomic mass is 10.00. The maximum absolute atomic E-state index is 13.5. The van der Waals surface area contributed by atoms with E-state index in [1.165, 1.54) is 0 Å². The van der Waals surface area contributed by atoms with Gasteiger partial charge in [0.2, 0.25) is 0 Å². The number of hydrogen-bond donors (Lipinski definition) is 2. The number of nitrogens with one attached hydrogen (secondary N) is 2. The Morgan fingerprint density at radius 2 is 1.72 bits per heavy atom. The van der Waals surface area contributed by atoms with Crippen LogP contribution in [0.1, 0.15) is 58.1 Å². The predicted molar refractivity (Wildman–Crippen MR) is 127 cm³/mol. The Hall–Kier alpha value is -3.31. The van der Waals surface area contributed by atoms with Gasteiger partial charge >= 0.3 is 0 Å². The van der Waals surface area contributed by atoms with Crippen molar-refractivity contribution < 1.29 is 9.59 Å². The van der Waals surface area contributed by atoms with E-state index in [0.717, 1.165) is 36.9 Å². The molecule has 0 spiro atoms. The fourth-order valence-corrected chi connectivity index (χ4v) is 4.92. The zero-order valence-electron chi connectivity index (χ0n) is 17.6. The quantitative estimate of drug-likeness (QED) is 0.510. The van der Waals surface area contributed by atoms with Crippen LogP contribution in [0, 0.1) is 0 Å². The molecule has 0 radical (unpaired) electrons. The van der Waals surface area contributed by atoms with Crippen molar-refractivity contribution in [2.24, 2.45) is 0 Å². The van der Waals surface area contributed by atoms with Crippen LogP contribution in [0.25, 0.3) is 0 Å². The summed E-state index contributed by atoms with van der Waals surface area (Å²) >= 11 is 6.18. The average Bonchev–Trinajstić information content (AvgIpc) is 3.34. The van der Waals surface area contributed by atoms with Crippen LogP contribution in [-0.4, -0.2) is 22.8 Å². The highest BCUT2D eigenvalue weighted by Gasteiger charge is 2.38. The lowest BCUT2D eigenvalue weighted by Crippen LogP contribution is -2.47. The van der Waals surface area contributed by atoms with E-state index in [1.54, 1.807) is 24.3 Å². The van der Waals surface area contributed by atoms with Crippen molar-refractivity contribution in [1.29, 1.82) is 0 Å². The van der Waals surface area contributed by atoms with E-state index >= 15 is 0 Å². The van der Waals surface area contributed by atoms with Crippen molar-refractivity contribution in [3.63, 3.8) is 0 Å². The number of nitrogens with zero attached hydrogens (tertiary/aromatic N) is 1. The van der Waals surface area contributed by atoms with Crippen LogP contribution >= 0.6 is 11.6 Å². The second kappa shape index (κ2) is 8.67. The molecule has 0 unspecified atom stereocenters.